The first-order chi connectivity index (χ1) is 19.0. The molecule has 0 N–H and O–H groups in total. The lowest BCUT2D eigenvalue weighted by Gasteiger charge is -2.39. The van der Waals surface area contributed by atoms with E-state index in [0.717, 1.165) is 25.8 Å². The normalized spacial score (nSPS) is 17.1. The van der Waals surface area contributed by atoms with Crippen LogP contribution in [0.5, 0.6) is 0 Å². The van der Waals surface area contributed by atoms with Crippen molar-refractivity contribution in [1.82, 2.24) is 9.80 Å². The molecule has 0 saturated heterocycles. The minimum atomic E-state index is -0.259. The van der Waals surface area contributed by atoms with Crippen LogP contribution in [-0.2, 0) is 30.6 Å². The number of carbonyl (C=O) groups excluding carboxylic acids is 1. The largest absolute Gasteiger partial charge is 0.333 e. The molecule has 0 bridgehead atoms. The minimum Gasteiger partial charge on any atom is -0.333 e. The van der Waals surface area contributed by atoms with Crippen molar-refractivity contribution in [3.63, 3.8) is 0 Å². The Morgan fingerprint density at radius 3 is 2.21 bits per heavy atom. The standard InChI is InChI=1S/C35H35FN2O/c1-24-18-29-16-17-37(35(32(29)19-25(24)2)26-10-4-3-5-11-26)23-34(39)38(22-30-14-8-9-15-33(30)36)31-20-27-12-6-7-13-28(27)21-31/h3-15,18-19,31,35H,16-17,20-23H2,1-2H3. The summed E-state index contributed by atoms with van der Waals surface area (Å²) in [5, 5.41) is 0. The highest BCUT2D eigenvalue weighted by molar-refractivity contribution is 5.79. The molecule has 1 aliphatic carbocycles. The molecule has 0 aromatic heterocycles. The predicted octanol–water partition coefficient (Wildman–Crippen LogP) is 6.59. The maximum atomic E-state index is 14.8. The van der Waals surface area contributed by atoms with Crippen LogP contribution in [0.15, 0.2) is 91.0 Å². The number of rotatable bonds is 6. The average Bonchev–Trinajstić information content (AvgIpc) is 3.38. The Labute approximate surface area is 230 Å². The molecule has 1 atom stereocenters. The zero-order chi connectivity index (χ0) is 26.9. The summed E-state index contributed by atoms with van der Waals surface area (Å²) < 4.78 is 14.8. The average molecular weight is 519 g/mol. The van der Waals surface area contributed by atoms with Crippen molar-refractivity contribution in [3.05, 3.63) is 141 Å². The zero-order valence-corrected chi connectivity index (χ0v) is 22.7. The summed E-state index contributed by atoms with van der Waals surface area (Å²) in [5.41, 5.74) is 9.57. The number of amides is 1. The summed E-state index contributed by atoms with van der Waals surface area (Å²) in [6, 6.07) is 30.4. The van der Waals surface area contributed by atoms with E-state index in [2.05, 4.69) is 79.4 Å². The van der Waals surface area contributed by atoms with Gasteiger partial charge in [-0.3, -0.25) is 9.69 Å². The number of carbonyl (C=O) groups is 1. The van der Waals surface area contributed by atoms with Gasteiger partial charge < -0.3 is 4.90 Å². The molecule has 39 heavy (non-hydrogen) atoms. The van der Waals surface area contributed by atoms with E-state index in [1.165, 1.54) is 45.0 Å². The Kier molecular flexibility index (Phi) is 7.05. The van der Waals surface area contributed by atoms with E-state index in [0.29, 0.717) is 12.1 Å². The van der Waals surface area contributed by atoms with Crippen LogP contribution in [0.1, 0.15) is 50.5 Å². The van der Waals surface area contributed by atoms with Crippen LogP contribution in [0, 0.1) is 19.7 Å². The van der Waals surface area contributed by atoms with Gasteiger partial charge in [-0.05, 0) is 78.1 Å². The van der Waals surface area contributed by atoms with Gasteiger partial charge in [0.05, 0.1) is 12.6 Å². The zero-order valence-electron chi connectivity index (χ0n) is 22.7. The Hall–Kier alpha value is -3.76. The van der Waals surface area contributed by atoms with Crippen molar-refractivity contribution >= 4 is 5.91 Å². The molecule has 6 rings (SSSR count). The number of hydrogen-bond donors (Lipinski definition) is 0. The highest BCUT2D eigenvalue weighted by Crippen LogP contribution is 2.37. The lowest BCUT2D eigenvalue weighted by atomic mass is 9.85. The maximum absolute atomic E-state index is 14.8. The van der Waals surface area contributed by atoms with Gasteiger partial charge in [-0.1, -0.05) is 84.9 Å². The van der Waals surface area contributed by atoms with E-state index in [-0.39, 0.29) is 30.4 Å². The molecule has 2 aliphatic rings. The number of aryl methyl sites for hydroxylation is 2. The summed E-state index contributed by atoms with van der Waals surface area (Å²) in [4.78, 5) is 18.5. The van der Waals surface area contributed by atoms with Crippen molar-refractivity contribution in [2.75, 3.05) is 13.1 Å². The molecular weight excluding hydrogens is 483 g/mol. The van der Waals surface area contributed by atoms with Gasteiger partial charge in [0.25, 0.3) is 0 Å². The van der Waals surface area contributed by atoms with E-state index in [9.17, 15) is 9.18 Å². The highest BCUT2D eigenvalue weighted by atomic mass is 19.1. The van der Waals surface area contributed by atoms with E-state index in [1.54, 1.807) is 12.1 Å². The maximum Gasteiger partial charge on any atom is 0.237 e. The molecule has 0 saturated carbocycles. The SMILES string of the molecule is Cc1cc2c(cc1C)C(c1ccccc1)N(CC(=O)N(Cc1ccccc1F)C1Cc3ccccc3C1)CC2. The lowest BCUT2D eigenvalue weighted by Crippen LogP contribution is -2.48. The summed E-state index contributed by atoms with van der Waals surface area (Å²) in [7, 11) is 0. The molecule has 4 aromatic carbocycles. The molecule has 4 aromatic rings. The summed E-state index contributed by atoms with van der Waals surface area (Å²) >= 11 is 0. The monoisotopic (exact) mass is 518 g/mol. The third-order valence-corrected chi connectivity index (χ3v) is 8.63. The van der Waals surface area contributed by atoms with Crippen molar-refractivity contribution in [2.24, 2.45) is 0 Å². The topological polar surface area (TPSA) is 23.6 Å². The van der Waals surface area contributed by atoms with E-state index >= 15 is 0 Å². The Morgan fingerprint density at radius 1 is 0.846 bits per heavy atom. The summed E-state index contributed by atoms with van der Waals surface area (Å²) in [6.45, 7) is 5.72. The first-order valence-electron chi connectivity index (χ1n) is 14.0. The first-order valence-corrected chi connectivity index (χ1v) is 14.0. The predicted molar refractivity (Wildman–Crippen MR) is 154 cm³/mol. The minimum absolute atomic E-state index is 0.00860. The quantitative estimate of drug-likeness (QED) is 0.288. The highest BCUT2D eigenvalue weighted by Gasteiger charge is 2.35. The van der Waals surface area contributed by atoms with Crippen molar-refractivity contribution in [3.8, 4) is 0 Å². The Bertz CT molecular complexity index is 1470. The van der Waals surface area contributed by atoms with Crippen LogP contribution in [0.4, 0.5) is 4.39 Å². The third-order valence-electron chi connectivity index (χ3n) is 8.63. The molecule has 1 amide bonds. The molecule has 1 heterocycles. The fraction of sp³-hybridized carbons (Fsp3) is 0.286. The van der Waals surface area contributed by atoms with Gasteiger partial charge in [-0.2, -0.15) is 0 Å². The van der Waals surface area contributed by atoms with Gasteiger partial charge >= 0.3 is 0 Å². The second-order valence-corrected chi connectivity index (χ2v) is 11.1. The van der Waals surface area contributed by atoms with Crippen LogP contribution >= 0.6 is 0 Å². The molecule has 3 nitrogen and oxygen atoms in total. The van der Waals surface area contributed by atoms with Gasteiger partial charge in [-0.15, -0.1) is 0 Å². The summed E-state index contributed by atoms with van der Waals surface area (Å²) in [5.74, 6) is -0.199. The molecule has 198 valence electrons. The molecule has 1 aliphatic heterocycles. The van der Waals surface area contributed by atoms with Gasteiger partial charge in [0, 0.05) is 24.7 Å². The number of hydrogen-bond acceptors (Lipinski definition) is 2. The Morgan fingerprint density at radius 2 is 1.49 bits per heavy atom. The molecule has 0 fully saturated rings. The van der Waals surface area contributed by atoms with Crippen molar-refractivity contribution in [2.45, 2.75) is 51.7 Å². The van der Waals surface area contributed by atoms with E-state index < -0.39 is 0 Å². The van der Waals surface area contributed by atoms with Crippen LogP contribution in [0.25, 0.3) is 0 Å². The van der Waals surface area contributed by atoms with Gasteiger partial charge in [0.1, 0.15) is 5.82 Å². The van der Waals surface area contributed by atoms with Gasteiger partial charge in [0.2, 0.25) is 5.91 Å². The number of halogens is 1. The summed E-state index contributed by atoms with van der Waals surface area (Å²) in [6.07, 6.45) is 2.52. The van der Waals surface area contributed by atoms with Crippen molar-refractivity contribution in [1.29, 1.82) is 0 Å². The fourth-order valence-corrected chi connectivity index (χ4v) is 6.41. The second-order valence-electron chi connectivity index (χ2n) is 11.1. The van der Waals surface area contributed by atoms with E-state index in [4.69, 9.17) is 0 Å². The molecular formula is C35H35FN2O. The van der Waals surface area contributed by atoms with Crippen LogP contribution in [-0.4, -0.2) is 34.8 Å². The van der Waals surface area contributed by atoms with Crippen LogP contribution < -0.4 is 0 Å². The fourth-order valence-electron chi connectivity index (χ4n) is 6.41. The first kappa shape index (κ1) is 25.5. The lowest BCUT2D eigenvalue weighted by molar-refractivity contribution is -0.136. The number of nitrogens with zero attached hydrogens (tertiary/aromatic N) is 2. The Balaban J connectivity index is 1.33. The molecule has 0 radical (unpaired) electrons. The molecule has 0 spiro atoms. The van der Waals surface area contributed by atoms with Gasteiger partial charge in [0.15, 0.2) is 0 Å². The molecule has 4 heteroatoms. The third kappa shape index (κ3) is 5.14. The van der Waals surface area contributed by atoms with Gasteiger partial charge in [-0.25, -0.2) is 4.39 Å². The van der Waals surface area contributed by atoms with Crippen molar-refractivity contribution < 1.29 is 9.18 Å². The second kappa shape index (κ2) is 10.8. The number of fused-ring (bicyclic) bond motifs is 2. The van der Waals surface area contributed by atoms with Crippen LogP contribution in [0.2, 0.25) is 0 Å². The van der Waals surface area contributed by atoms with E-state index in [1.807, 2.05) is 17.0 Å². The van der Waals surface area contributed by atoms with Crippen LogP contribution in [0.3, 0.4) is 0 Å². The number of benzene rings is 4. The molecule has 1 unspecified atom stereocenters. The smallest absolute Gasteiger partial charge is 0.237 e.